The third kappa shape index (κ3) is 2.05. The maximum Gasteiger partial charge on any atom is 0.254 e. The molecule has 1 aromatic rings. The first-order valence-corrected chi connectivity index (χ1v) is 7.08. The minimum Gasteiger partial charge on any atom is -0.379 e. The van der Waals surface area contributed by atoms with Gasteiger partial charge in [-0.3, -0.25) is 0 Å². The number of rotatable bonds is 2. The van der Waals surface area contributed by atoms with Crippen LogP contribution in [0.25, 0.3) is 0 Å². The molecule has 16 heavy (non-hydrogen) atoms. The Hall–Kier alpha value is -0.700. The Morgan fingerprint density at radius 3 is 2.56 bits per heavy atom. The quantitative estimate of drug-likeness (QED) is 0.815. The Labute approximate surface area is 98.1 Å². The van der Waals surface area contributed by atoms with Crippen LogP contribution in [0.2, 0.25) is 0 Å². The SMILES string of the molecule is Cc1nc(N)sc1S(=O)(=O)N1CCOCC1. The molecule has 0 aromatic carbocycles. The van der Waals surface area contributed by atoms with E-state index in [2.05, 4.69) is 4.98 Å². The molecule has 0 atom stereocenters. The molecule has 0 bridgehead atoms. The Morgan fingerprint density at radius 2 is 2.06 bits per heavy atom. The number of thiazole rings is 1. The van der Waals surface area contributed by atoms with Crippen molar-refractivity contribution in [1.82, 2.24) is 9.29 Å². The molecule has 0 radical (unpaired) electrons. The van der Waals surface area contributed by atoms with Gasteiger partial charge >= 0.3 is 0 Å². The summed E-state index contributed by atoms with van der Waals surface area (Å²) in [7, 11) is -3.44. The lowest BCUT2D eigenvalue weighted by Crippen LogP contribution is -2.40. The number of anilines is 1. The van der Waals surface area contributed by atoms with Crippen LogP contribution in [0, 0.1) is 6.92 Å². The number of ether oxygens (including phenoxy) is 1. The molecule has 1 aromatic heterocycles. The minimum absolute atomic E-state index is 0.243. The molecule has 2 N–H and O–H groups in total. The molecule has 0 aliphatic carbocycles. The monoisotopic (exact) mass is 263 g/mol. The fourth-order valence-corrected chi connectivity index (χ4v) is 4.39. The van der Waals surface area contributed by atoms with Crippen molar-refractivity contribution in [3.8, 4) is 0 Å². The Kier molecular flexibility index (Phi) is 3.15. The normalized spacial score (nSPS) is 18.8. The van der Waals surface area contributed by atoms with Crippen LogP contribution < -0.4 is 5.73 Å². The predicted molar refractivity (Wildman–Crippen MR) is 60.8 cm³/mol. The number of hydrogen-bond acceptors (Lipinski definition) is 6. The number of hydrogen-bond donors (Lipinski definition) is 1. The second kappa shape index (κ2) is 4.28. The standard InChI is InChI=1S/C8H13N3O3S2/c1-6-7(15-8(9)10-6)16(12,13)11-2-4-14-5-3-11/h2-5H2,1H3,(H2,9,10). The van der Waals surface area contributed by atoms with Crippen molar-refractivity contribution >= 4 is 26.5 Å². The number of morpholine rings is 1. The zero-order chi connectivity index (χ0) is 11.8. The zero-order valence-electron chi connectivity index (χ0n) is 8.84. The zero-order valence-corrected chi connectivity index (χ0v) is 10.5. The van der Waals surface area contributed by atoms with E-state index in [9.17, 15) is 8.42 Å². The summed E-state index contributed by atoms with van der Waals surface area (Å²) in [6.07, 6.45) is 0. The Morgan fingerprint density at radius 1 is 1.44 bits per heavy atom. The number of nitrogen functional groups attached to an aromatic ring is 1. The Balaban J connectivity index is 2.34. The maximum absolute atomic E-state index is 12.2. The molecular weight excluding hydrogens is 250 g/mol. The van der Waals surface area contributed by atoms with Crippen molar-refractivity contribution in [2.75, 3.05) is 32.0 Å². The fourth-order valence-electron chi connectivity index (χ4n) is 1.55. The van der Waals surface area contributed by atoms with Gasteiger partial charge in [0.1, 0.15) is 0 Å². The van der Waals surface area contributed by atoms with Crippen LogP contribution in [-0.2, 0) is 14.8 Å². The number of aromatic nitrogens is 1. The topological polar surface area (TPSA) is 85.5 Å². The van der Waals surface area contributed by atoms with Crippen molar-refractivity contribution in [2.45, 2.75) is 11.1 Å². The number of sulfonamides is 1. The van der Waals surface area contributed by atoms with E-state index in [0.717, 1.165) is 11.3 Å². The molecule has 0 saturated carbocycles. The molecule has 0 spiro atoms. The predicted octanol–water partition coefficient (Wildman–Crippen LogP) is 0.0546. The first-order valence-electron chi connectivity index (χ1n) is 4.82. The van der Waals surface area contributed by atoms with Gasteiger partial charge in [-0.05, 0) is 6.92 Å². The van der Waals surface area contributed by atoms with E-state index in [1.54, 1.807) is 6.92 Å². The molecule has 90 valence electrons. The first kappa shape index (κ1) is 11.8. The lowest BCUT2D eigenvalue weighted by molar-refractivity contribution is 0.0731. The van der Waals surface area contributed by atoms with Crippen molar-refractivity contribution in [2.24, 2.45) is 0 Å². The largest absolute Gasteiger partial charge is 0.379 e. The summed E-state index contributed by atoms with van der Waals surface area (Å²) < 4.78 is 31.2. The highest BCUT2D eigenvalue weighted by Crippen LogP contribution is 2.28. The second-order valence-electron chi connectivity index (χ2n) is 3.44. The third-order valence-corrected chi connectivity index (χ3v) is 5.79. The third-order valence-electron chi connectivity index (χ3n) is 2.31. The fraction of sp³-hybridized carbons (Fsp3) is 0.625. The van der Waals surface area contributed by atoms with Crippen LogP contribution in [0.5, 0.6) is 0 Å². The highest BCUT2D eigenvalue weighted by molar-refractivity contribution is 7.91. The molecular formula is C8H13N3O3S2. The van der Waals surface area contributed by atoms with Crippen LogP contribution in [-0.4, -0.2) is 44.0 Å². The number of nitrogens with zero attached hydrogens (tertiary/aromatic N) is 2. The van der Waals surface area contributed by atoms with Gasteiger partial charge in [-0.25, -0.2) is 13.4 Å². The molecule has 8 heteroatoms. The van der Waals surface area contributed by atoms with Crippen LogP contribution in [0.15, 0.2) is 4.21 Å². The molecule has 1 fully saturated rings. The van der Waals surface area contributed by atoms with Crippen LogP contribution in [0.1, 0.15) is 5.69 Å². The molecule has 0 amide bonds. The average Bonchev–Trinajstić information content (AvgIpc) is 2.60. The van der Waals surface area contributed by atoms with E-state index >= 15 is 0 Å². The van der Waals surface area contributed by atoms with E-state index < -0.39 is 10.0 Å². The van der Waals surface area contributed by atoms with Gasteiger partial charge in [0.15, 0.2) is 9.34 Å². The van der Waals surface area contributed by atoms with Gasteiger partial charge in [-0.1, -0.05) is 11.3 Å². The van der Waals surface area contributed by atoms with Gasteiger partial charge in [-0.15, -0.1) is 0 Å². The van der Waals surface area contributed by atoms with Gasteiger partial charge in [-0.2, -0.15) is 4.31 Å². The van der Waals surface area contributed by atoms with Gasteiger partial charge in [0.25, 0.3) is 10.0 Å². The van der Waals surface area contributed by atoms with Gasteiger partial charge in [0, 0.05) is 13.1 Å². The molecule has 1 aliphatic rings. The summed E-state index contributed by atoms with van der Waals surface area (Å²) in [4.78, 5) is 3.93. The van der Waals surface area contributed by atoms with Gasteiger partial charge in [0.05, 0.1) is 18.9 Å². The highest BCUT2D eigenvalue weighted by atomic mass is 32.2. The van der Waals surface area contributed by atoms with Crippen molar-refractivity contribution < 1.29 is 13.2 Å². The second-order valence-corrected chi connectivity index (χ2v) is 6.61. The van der Waals surface area contributed by atoms with E-state index in [0.29, 0.717) is 32.0 Å². The summed E-state index contributed by atoms with van der Waals surface area (Å²) in [6, 6.07) is 0. The molecule has 2 heterocycles. The smallest absolute Gasteiger partial charge is 0.254 e. The summed E-state index contributed by atoms with van der Waals surface area (Å²) in [5.41, 5.74) is 5.97. The maximum atomic E-state index is 12.2. The lowest BCUT2D eigenvalue weighted by Gasteiger charge is -2.25. The van der Waals surface area contributed by atoms with Crippen molar-refractivity contribution in [3.05, 3.63) is 5.69 Å². The highest BCUT2D eigenvalue weighted by Gasteiger charge is 2.30. The summed E-state index contributed by atoms with van der Waals surface area (Å²) in [5, 5.41) is 0.282. The van der Waals surface area contributed by atoms with Crippen LogP contribution in [0.3, 0.4) is 0 Å². The first-order chi connectivity index (χ1) is 7.51. The summed E-state index contributed by atoms with van der Waals surface area (Å²) in [6.45, 7) is 3.30. The molecule has 1 aliphatic heterocycles. The molecule has 0 unspecified atom stereocenters. The summed E-state index contributed by atoms with van der Waals surface area (Å²) in [5.74, 6) is 0. The average molecular weight is 263 g/mol. The number of aryl methyl sites for hydroxylation is 1. The van der Waals surface area contributed by atoms with E-state index in [1.165, 1.54) is 4.31 Å². The number of nitrogens with two attached hydrogens (primary N) is 1. The molecule has 1 saturated heterocycles. The van der Waals surface area contributed by atoms with E-state index in [1.807, 2.05) is 0 Å². The van der Waals surface area contributed by atoms with Crippen molar-refractivity contribution in [1.29, 1.82) is 0 Å². The molecule has 6 nitrogen and oxygen atoms in total. The van der Waals surface area contributed by atoms with E-state index in [-0.39, 0.29) is 9.34 Å². The minimum atomic E-state index is -3.44. The van der Waals surface area contributed by atoms with Gasteiger partial charge in [0.2, 0.25) is 0 Å². The van der Waals surface area contributed by atoms with Gasteiger partial charge < -0.3 is 10.5 Å². The lowest BCUT2D eigenvalue weighted by atomic mass is 10.5. The summed E-state index contributed by atoms with van der Waals surface area (Å²) >= 11 is 1.01. The molecule has 2 rings (SSSR count). The van der Waals surface area contributed by atoms with E-state index in [4.69, 9.17) is 10.5 Å². The van der Waals surface area contributed by atoms with Crippen molar-refractivity contribution in [3.63, 3.8) is 0 Å². The Bertz CT molecular complexity index is 477. The van der Waals surface area contributed by atoms with Crippen LogP contribution in [0.4, 0.5) is 5.13 Å². The van der Waals surface area contributed by atoms with Crippen LogP contribution >= 0.6 is 11.3 Å².